The summed E-state index contributed by atoms with van der Waals surface area (Å²) in [6, 6.07) is -0.441. The Bertz CT molecular complexity index is 547. The molecule has 2 atom stereocenters. The van der Waals surface area contributed by atoms with Crippen molar-refractivity contribution >= 4 is 17.7 Å². The van der Waals surface area contributed by atoms with E-state index in [9.17, 15) is 14.4 Å². The van der Waals surface area contributed by atoms with Gasteiger partial charge >= 0.3 is 0 Å². The van der Waals surface area contributed by atoms with E-state index in [0.717, 1.165) is 44.9 Å². The lowest BCUT2D eigenvalue weighted by Gasteiger charge is -2.39. The monoisotopic (exact) mass is 377 g/mol. The molecule has 0 radical (unpaired) electrons. The van der Waals surface area contributed by atoms with Crippen molar-refractivity contribution in [1.82, 2.24) is 15.1 Å². The molecule has 3 aliphatic rings. The topological polar surface area (TPSA) is 69.7 Å². The van der Waals surface area contributed by atoms with Gasteiger partial charge in [-0.3, -0.25) is 14.4 Å². The zero-order chi connectivity index (χ0) is 19.4. The highest BCUT2D eigenvalue weighted by Gasteiger charge is 2.37. The Morgan fingerprint density at radius 1 is 0.889 bits per heavy atom. The molecule has 1 saturated heterocycles. The van der Waals surface area contributed by atoms with Gasteiger partial charge in [0.2, 0.25) is 17.7 Å². The summed E-state index contributed by atoms with van der Waals surface area (Å²) in [5.41, 5.74) is 0. The van der Waals surface area contributed by atoms with Gasteiger partial charge < -0.3 is 15.1 Å². The number of nitrogens with zero attached hydrogens (tertiary/aromatic N) is 2. The molecule has 3 fully saturated rings. The Kier molecular flexibility index (Phi) is 6.77. The molecule has 1 heterocycles. The average molecular weight is 378 g/mol. The maximum Gasteiger partial charge on any atom is 0.245 e. The van der Waals surface area contributed by atoms with Gasteiger partial charge in [-0.25, -0.2) is 0 Å². The Morgan fingerprint density at radius 2 is 1.48 bits per heavy atom. The molecule has 6 nitrogen and oxygen atoms in total. The Hall–Kier alpha value is -1.59. The molecule has 0 bridgehead atoms. The van der Waals surface area contributed by atoms with E-state index in [1.165, 1.54) is 6.42 Å². The molecule has 3 amide bonds. The van der Waals surface area contributed by atoms with Gasteiger partial charge in [0.1, 0.15) is 6.04 Å². The fourth-order valence-electron chi connectivity index (χ4n) is 4.25. The lowest BCUT2D eigenvalue weighted by molar-refractivity contribution is -0.145. The number of piperazine rings is 1. The Balaban J connectivity index is 1.53. The molecule has 2 aliphatic carbocycles. The number of rotatable bonds is 6. The van der Waals surface area contributed by atoms with Crippen molar-refractivity contribution in [2.24, 2.45) is 17.8 Å². The van der Waals surface area contributed by atoms with Crippen molar-refractivity contribution in [3.05, 3.63) is 0 Å². The molecule has 0 aromatic rings. The smallest absolute Gasteiger partial charge is 0.245 e. The second-order valence-electron chi connectivity index (χ2n) is 8.63. The van der Waals surface area contributed by atoms with Crippen LogP contribution in [-0.4, -0.2) is 59.7 Å². The molecule has 2 unspecified atom stereocenters. The first kappa shape index (κ1) is 20.2. The van der Waals surface area contributed by atoms with E-state index >= 15 is 0 Å². The quantitative estimate of drug-likeness (QED) is 0.771. The molecular weight excluding hydrogens is 342 g/mol. The minimum absolute atomic E-state index is 0.0168. The van der Waals surface area contributed by atoms with E-state index in [1.807, 2.05) is 16.7 Å². The van der Waals surface area contributed by atoms with Crippen LogP contribution in [0.4, 0.5) is 0 Å². The lowest BCUT2D eigenvalue weighted by atomic mass is 9.88. The van der Waals surface area contributed by atoms with Gasteiger partial charge in [0, 0.05) is 38.0 Å². The third-order valence-electron chi connectivity index (χ3n) is 6.58. The van der Waals surface area contributed by atoms with Crippen molar-refractivity contribution in [3.8, 4) is 0 Å². The molecule has 6 heteroatoms. The van der Waals surface area contributed by atoms with Crippen LogP contribution in [0.1, 0.15) is 65.2 Å². The predicted octanol–water partition coefficient (Wildman–Crippen LogP) is 2.18. The summed E-state index contributed by atoms with van der Waals surface area (Å²) in [7, 11) is 0. The third kappa shape index (κ3) is 5.02. The van der Waals surface area contributed by atoms with Gasteiger partial charge in [-0.05, 0) is 31.6 Å². The van der Waals surface area contributed by atoms with Crippen LogP contribution in [0, 0.1) is 17.8 Å². The fourth-order valence-corrected chi connectivity index (χ4v) is 4.25. The molecular formula is C21H35N3O3. The SMILES string of the molecule is CCC(C)C(NC(=O)C1CC1)C(=O)N1CCN(C(=O)C2CCCCC2)CC1. The van der Waals surface area contributed by atoms with Crippen LogP contribution in [0.2, 0.25) is 0 Å². The Labute approximate surface area is 163 Å². The van der Waals surface area contributed by atoms with Crippen LogP contribution in [0.15, 0.2) is 0 Å². The van der Waals surface area contributed by atoms with E-state index in [2.05, 4.69) is 12.2 Å². The van der Waals surface area contributed by atoms with Gasteiger partial charge in [0.25, 0.3) is 0 Å². The van der Waals surface area contributed by atoms with Crippen LogP contribution in [0.5, 0.6) is 0 Å². The standard InChI is InChI=1S/C21H35N3O3/c1-3-15(2)18(22-19(25)16-9-10-16)21(27)24-13-11-23(12-14-24)20(26)17-7-5-4-6-8-17/h15-18H,3-14H2,1-2H3,(H,22,25). The second-order valence-corrected chi connectivity index (χ2v) is 8.63. The summed E-state index contributed by atoms with van der Waals surface area (Å²) >= 11 is 0. The number of hydrogen-bond acceptors (Lipinski definition) is 3. The molecule has 3 rings (SSSR count). The van der Waals surface area contributed by atoms with Crippen LogP contribution < -0.4 is 5.32 Å². The highest BCUT2D eigenvalue weighted by Crippen LogP contribution is 2.29. The fraction of sp³-hybridized carbons (Fsp3) is 0.857. The summed E-state index contributed by atoms with van der Waals surface area (Å²) in [5, 5.41) is 3.00. The van der Waals surface area contributed by atoms with Crippen molar-refractivity contribution in [1.29, 1.82) is 0 Å². The molecule has 152 valence electrons. The van der Waals surface area contributed by atoms with Crippen molar-refractivity contribution in [3.63, 3.8) is 0 Å². The molecule has 0 aromatic heterocycles. The van der Waals surface area contributed by atoms with Gasteiger partial charge in [-0.2, -0.15) is 0 Å². The van der Waals surface area contributed by atoms with Gasteiger partial charge in [0.05, 0.1) is 0 Å². The first-order valence-corrected chi connectivity index (χ1v) is 10.9. The molecule has 0 spiro atoms. The van der Waals surface area contributed by atoms with E-state index in [1.54, 1.807) is 0 Å². The van der Waals surface area contributed by atoms with E-state index in [0.29, 0.717) is 26.2 Å². The number of hydrogen-bond donors (Lipinski definition) is 1. The largest absolute Gasteiger partial charge is 0.344 e. The average Bonchev–Trinajstić information content (AvgIpc) is 3.56. The first-order chi connectivity index (χ1) is 13.0. The molecule has 27 heavy (non-hydrogen) atoms. The van der Waals surface area contributed by atoms with Gasteiger partial charge in [0.15, 0.2) is 0 Å². The summed E-state index contributed by atoms with van der Waals surface area (Å²) in [6.07, 6.45) is 8.32. The van der Waals surface area contributed by atoms with Gasteiger partial charge in [-0.1, -0.05) is 39.5 Å². The maximum absolute atomic E-state index is 13.1. The first-order valence-electron chi connectivity index (χ1n) is 10.9. The highest BCUT2D eigenvalue weighted by atomic mass is 16.2. The van der Waals surface area contributed by atoms with E-state index in [-0.39, 0.29) is 35.5 Å². The predicted molar refractivity (Wildman–Crippen MR) is 104 cm³/mol. The summed E-state index contributed by atoms with van der Waals surface area (Å²) < 4.78 is 0. The van der Waals surface area contributed by atoms with Crippen LogP contribution in [-0.2, 0) is 14.4 Å². The normalized spacial score (nSPS) is 23.6. The molecule has 1 aliphatic heterocycles. The number of carbonyl (C=O) groups excluding carboxylic acids is 3. The van der Waals surface area contributed by atoms with Crippen LogP contribution in [0.25, 0.3) is 0 Å². The van der Waals surface area contributed by atoms with Crippen molar-refractivity contribution in [2.75, 3.05) is 26.2 Å². The van der Waals surface area contributed by atoms with Gasteiger partial charge in [-0.15, -0.1) is 0 Å². The molecule has 1 N–H and O–H groups in total. The summed E-state index contributed by atoms with van der Waals surface area (Å²) in [6.45, 7) is 6.45. The zero-order valence-electron chi connectivity index (χ0n) is 16.9. The zero-order valence-corrected chi connectivity index (χ0v) is 16.9. The summed E-state index contributed by atoms with van der Waals surface area (Å²) in [4.78, 5) is 41.8. The number of amides is 3. The van der Waals surface area contributed by atoms with Crippen LogP contribution in [0.3, 0.4) is 0 Å². The van der Waals surface area contributed by atoms with Crippen LogP contribution >= 0.6 is 0 Å². The molecule has 0 aromatic carbocycles. The minimum atomic E-state index is -0.441. The molecule has 2 saturated carbocycles. The highest BCUT2D eigenvalue weighted by molar-refractivity contribution is 5.89. The lowest BCUT2D eigenvalue weighted by Crippen LogP contribution is -2.58. The minimum Gasteiger partial charge on any atom is -0.344 e. The summed E-state index contributed by atoms with van der Waals surface area (Å²) in [5.74, 6) is 0.730. The van der Waals surface area contributed by atoms with Crippen molar-refractivity contribution in [2.45, 2.75) is 71.3 Å². The third-order valence-corrected chi connectivity index (χ3v) is 6.58. The Morgan fingerprint density at radius 3 is 2.04 bits per heavy atom. The second kappa shape index (κ2) is 9.07. The van der Waals surface area contributed by atoms with E-state index < -0.39 is 6.04 Å². The van der Waals surface area contributed by atoms with Crippen molar-refractivity contribution < 1.29 is 14.4 Å². The van der Waals surface area contributed by atoms with E-state index in [4.69, 9.17) is 0 Å². The number of carbonyl (C=O) groups is 3. The number of nitrogens with one attached hydrogen (secondary N) is 1. The maximum atomic E-state index is 13.1.